The van der Waals surface area contributed by atoms with Crippen LogP contribution in [0.15, 0.2) is 65.4 Å². The van der Waals surface area contributed by atoms with E-state index >= 15 is 0 Å². The minimum Gasteiger partial charge on any atom is -0.348 e. The molecular formula is C22H23BrN4O2. The van der Waals surface area contributed by atoms with Gasteiger partial charge in [0.1, 0.15) is 0 Å². The molecule has 3 aromatic rings. The molecule has 2 amide bonds. The molecule has 2 aromatic carbocycles. The van der Waals surface area contributed by atoms with Gasteiger partial charge < -0.3 is 10.6 Å². The van der Waals surface area contributed by atoms with E-state index < -0.39 is 0 Å². The lowest BCUT2D eigenvalue weighted by Crippen LogP contribution is -2.23. The topological polar surface area (TPSA) is 76.0 Å². The lowest BCUT2D eigenvalue weighted by atomic mass is 10.1. The Morgan fingerprint density at radius 3 is 2.66 bits per heavy atom. The van der Waals surface area contributed by atoms with Crippen molar-refractivity contribution >= 4 is 33.4 Å². The van der Waals surface area contributed by atoms with Gasteiger partial charge in [0.05, 0.1) is 17.4 Å². The molecule has 1 unspecified atom stereocenters. The SMILES string of the molecule is CCC(C)C(=O)Nc1cccc(CNC(=O)c2cnn(-c3ccc(Br)cc3)c2)c1. The maximum absolute atomic E-state index is 12.5. The van der Waals surface area contributed by atoms with Gasteiger partial charge in [0.25, 0.3) is 5.91 Å². The highest BCUT2D eigenvalue weighted by Crippen LogP contribution is 2.15. The monoisotopic (exact) mass is 454 g/mol. The summed E-state index contributed by atoms with van der Waals surface area (Å²) in [5.41, 5.74) is 2.98. The van der Waals surface area contributed by atoms with E-state index in [1.54, 1.807) is 17.1 Å². The van der Waals surface area contributed by atoms with Crippen molar-refractivity contribution in [1.29, 1.82) is 0 Å². The molecule has 150 valence electrons. The molecule has 0 aliphatic heterocycles. The van der Waals surface area contributed by atoms with E-state index in [1.807, 2.05) is 62.4 Å². The van der Waals surface area contributed by atoms with Crippen LogP contribution in [-0.2, 0) is 11.3 Å². The first kappa shape index (κ1) is 20.8. The Labute approximate surface area is 178 Å². The maximum atomic E-state index is 12.5. The van der Waals surface area contributed by atoms with Crippen LogP contribution in [0.3, 0.4) is 0 Å². The van der Waals surface area contributed by atoms with Crippen molar-refractivity contribution in [2.45, 2.75) is 26.8 Å². The average molecular weight is 455 g/mol. The van der Waals surface area contributed by atoms with Gasteiger partial charge in [0.15, 0.2) is 0 Å². The molecular weight excluding hydrogens is 432 g/mol. The number of benzene rings is 2. The molecule has 0 saturated carbocycles. The van der Waals surface area contributed by atoms with Gasteiger partial charge in [0.2, 0.25) is 5.91 Å². The van der Waals surface area contributed by atoms with E-state index in [0.29, 0.717) is 12.1 Å². The van der Waals surface area contributed by atoms with Gasteiger partial charge in [-0.15, -0.1) is 0 Å². The summed E-state index contributed by atoms with van der Waals surface area (Å²) in [5, 5.41) is 10.1. The lowest BCUT2D eigenvalue weighted by Gasteiger charge is -2.11. The highest BCUT2D eigenvalue weighted by molar-refractivity contribution is 9.10. The van der Waals surface area contributed by atoms with Crippen molar-refractivity contribution in [2.24, 2.45) is 5.92 Å². The fourth-order valence-electron chi connectivity index (χ4n) is 2.67. The van der Waals surface area contributed by atoms with E-state index in [9.17, 15) is 9.59 Å². The maximum Gasteiger partial charge on any atom is 0.254 e. The van der Waals surface area contributed by atoms with E-state index in [1.165, 1.54) is 0 Å². The fourth-order valence-corrected chi connectivity index (χ4v) is 2.93. The predicted octanol–water partition coefficient (Wildman–Crippen LogP) is 4.55. The first-order valence-electron chi connectivity index (χ1n) is 9.45. The van der Waals surface area contributed by atoms with Crippen molar-refractivity contribution in [2.75, 3.05) is 5.32 Å². The second-order valence-corrected chi connectivity index (χ2v) is 7.75. The number of anilines is 1. The molecule has 29 heavy (non-hydrogen) atoms. The van der Waals surface area contributed by atoms with Crippen LogP contribution in [0.4, 0.5) is 5.69 Å². The fraction of sp³-hybridized carbons (Fsp3) is 0.227. The summed E-state index contributed by atoms with van der Waals surface area (Å²) >= 11 is 3.40. The number of carbonyl (C=O) groups excluding carboxylic acids is 2. The Bertz CT molecular complexity index is 998. The zero-order valence-corrected chi connectivity index (χ0v) is 17.9. The second kappa shape index (κ2) is 9.52. The normalized spacial score (nSPS) is 11.7. The standard InChI is InChI=1S/C22H23BrN4O2/c1-3-15(2)21(28)26-19-6-4-5-16(11-19)12-24-22(29)17-13-25-27(14-17)20-9-7-18(23)8-10-20/h4-11,13-15H,3,12H2,1-2H3,(H,24,29)(H,26,28). The van der Waals surface area contributed by atoms with E-state index in [2.05, 4.69) is 31.7 Å². The van der Waals surface area contributed by atoms with Gasteiger partial charge in [-0.25, -0.2) is 4.68 Å². The van der Waals surface area contributed by atoms with Crippen LogP contribution in [-0.4, -0.2) is 21.6 Å². The molecule has 0 spiro atoms. The summed E-state index contributed by atoms with van der Waals surface area (Å²) in [6.45, 7) is 4.23. The van der Waals surface area contributed by atoms with Gasteiger partial charge in [-0.3, -0.25) is 9.59 Å². The summed E-state index contributed by atoms with van der Waals surface area (Å²) in [4.78, 5) is 24.5. The van der Waals surface area contributed by atoms with E-state index in [-0.39, 0.29) is 17.7 Å². The molecule has 1 heterocycles. The van der Waals surface area contributed by atoms with Crippen LogP contribution in [0.5, 0.6) is 0 Å². The van der Waals surface area contributed by atoms with E-state index in [4.69, 9.17) is 0 Å². The predicted molar refractivity (Wildman–Crippen MR) is 117 cm³/mol. The third kappa shape index (κ3) is 5.54. The molecule has 2 N–H and O–H groups in total. The molecule has 1 aromatic heterocycles. The van der Waals surface area contributed by atoms with Crippen LogP contribution >= 0.6 is 15.9 Å². The van der Waals surface area contributed by atoms with Gasteiger partial charge in [-0.1, -0.05) is 41.9 Å². The minimum atomic E-state index is -0.206. The number of nitrogens with zero attached hydrogens (tertiary/aromatic N) is 2. The van der Waals surface area contributed by atoms with Crippen LogP contribution < -0.4 is 10.6 Å². The van der Waals surface area contributed by atoms with Crippen molar-refractivity contribution in [3.63, 3.8) is 0 Å². The first-order valence-corrected chi connectivity index (χ1v) is 10.2. The van der Waals surface area contributed by atoms with Gasteiger partial charge in [0, 0.05) is 28.8 Å². The molecule has 0 fully saturated rings. The Balaban J connectivity index is 1.60. The van der Waals surface area contributed by atoms with Crippen LogP contribution in [0.1, 0.15) is 36.2 Å². The summed E-state index contributed by atoms with van der Waals surface area (Å²) in [5.74, 6) is -0.253. The number of aromatic nitrogens is 2. The Hall–Kier alpha value is -2.93. The quantitative estimate of drug-likeness (QED) is 0.549. The third-order valence-corrected chi connectivity index (χ3v) is 5.17. The average Bonchev–Trinajstić information content (AvgIpc) is 3.22. The smallest absolute Gasteiger partial charge is 0.254 e. The molecule has 0 aliphatic rings. The van der Waals surface area contributed by atoms with E-state index in [0.717, 1.165) is 27.8 Å². The Morgan fingerprint density at radius 1 is 1.17 bits per heavy atom. The molecule has 3 rings (SSSR count). The van der Waals surface area contributed by atoms with Crippen LogP contribution in [0.25, 0.3) is 5.69 Å². The summed E-state index contributed by atoms with van der Waals surface area (Å²) in [7, 11) is 0. The number of nitrogens with one attached hydrogen (secondary N) is 2. The number of hydrogen-bond donors (Lipinski definition) is 2. The lowest BCUT2D eigenvalue weighted by molar-refractivity contribution is -0.119. The molecule has 0 aliphatic carbocycles. The van der Waals surface area contributed by atoms with Crippen LogP contribution in [0, 0.1) is 5.92 Å². The summed E-state index contributed by atoms with van der Waals surface area (Å²) in [6, 6.07) is 15.1. The molecule has 6 nitrogen and oxygen atoms in total. The second-order valence-electron chi connectivity index (χ2n) is 6.83. The minimum absolute atomic E-state index is 0.00552. The molecule has 7 heteroatoms. The molecule has 0 radical (unpaired) electrons. The van der Waals surface area contributed by atoms with Gasteiger partial charge in [-0.05, 0) is 48.4 Å². The van der Waals surface area contributed by atoms with Crippen molar-refractivity contribution < 1.29 is 9.59 Å². The first-order chi connectivity index (χ1) is 14.0. The van der Waals surface area contributed by atoms with Gasteiger partial charge >= 0.3 is 0 Å². The number of amides is 2. The van der Waals surface area contributed by atoms with Gasteiger partial charge in [-0.2, -0.15) is 5.10 Å². The van der Waals surface area contributed by atoms with Crippen molar-refractivity contribution in [3.8, 4) is 5.69 Å². The number of carbonyl (C=O) groups is 2. The Morgan fingerprint density at radius 2 is 1.93 bits per heavy atom. The molecule has 0 bridgehead atoms. The Kier molecular flexibility index (Phi) is 6.82. The third-order valence-electron chi connectivity index (χ3n) is 4.64. The summed E-state index contributed by atoms with van der Waals surface area (Å²) < 4.78 is 2.64. The number of hydrogen-bond acceptors (Lipinski definition) is 3. The molecule has 0 saturated heterocycles. The van der Waals surface area contributed by atoms with Crippen molar-refractivity contribution in [1.82, 2.24) is 15.1 Å². The largest absolute Gasteiger partial charge is 0.348 e. The number of halogens is 1. The van der Waals surface area contributed by atoms with Crippen LogP contribution in [0.2, 0.25) is 0 Å². The highest BCUT2D eigenvalue weighted by Gasteiger charge is 2.12. The molecule has 1 atom stereocenters. The zero-order chi connectivity index (χ0) is 20.8. The summed E-state index contributed by atoms with van der Waals surface area (Å²) in [6.07, 6.45) is 4.02. The zero-order valence-electron chi connectivity index (χ0n) is 16.4. The highest BCUT2D eigenvalue weighted by atomic mass is 79.9. The van der Waals surface area contributed by atoms with Crippen molar-refractivity contribution in [3.05, 3.63) is 76.5 Å². The number of rotatable bonds is 7.